The molecule has 7 heteroatoms. The number of piperidine rings is 1. The van der Waals surface area contributed by atoms with Gasteiger partial charge in [0, 0.05) is 26.0 Å². The summed E-state index contributed by atoms with van der Waals surface area (Å²) in [5.41, 5.74) is 0. The zero-order valence-corrected chi connectivity index (χ0v) is 11.7. The van der Waals surface area contributed by atoms with Crippen molar-refractivity contribution < 1.29 is 19.0 Å². The minimum Gasteiger partial charge on any atom is -0.477 e. The first-order valence-corrected chi connectivity index (χ1v) is 6.53. The van der Waals surface area contributed by atoms with Crippen LogP contribution in [0.3, 0.4) is 0 Å². The summed E-state index contributed by atoms with van der Waals surface area (Å²) in [6.07, 6.45) is 4.75. The molecular weight excluding hydrogens is 262 g/mol. The van der Waals surface area contributed by atoms with Crippen molar-refractivity contribution >= 4 is 5.91 Å². The molecular formula is C13H19N3O4. The number of rotatable bonds is 5. The van der Waals surface area contributed by atoms with Gasteiger partial charge in [0.2, 0.25) is 5.91 Å². The molecule has 0 bridgehead atoms. The SMILES string of the molecule is COCC(=O)N1CCCC(Oc2nccnc2OC)C1. The molecule has 0 saturated carbocycles. The maximum atomic E-state index is 11.8. The van der Waals surface area contributed by atoms with E-state index in [2.05, 4.69) is 9.97 Å². The van der Waals surface area contributed by atoms with Crippen LogP contribution >= 0.6 is 0 Å². The van der Waals surface area contributed by atoms with Gasteiger partial charge >= 0.3 is 0 Å². The van der Waals surface area contributed by atoms with Crippen LogP contribution in [0.5, 0.6) is 11.8 Å². The molecule has 7 nitrogen and oxygen atoms in total. The summed E-state index contributed by atoms with van der Waals surface area (Å²) >= 11 is 0. The monoisotopic (exact) mass is 281 g/mol. The van der Waals surface area contributed by atoms with Gasteiger partial charge in [0.1, 0.15) is 12.7 Å². The lowest BCUT2D eigenvalue weighted by Gasteiger charge is -2.32. The van der Waals surface area contributed by atoms with E-state index in [1.165, 1.54) is 14.2 Å². The van der Waals surface area contributed by atoms with Gasteiger partial charge in [-0.3, -0.25) is 4.79 Å². The molecule has 2 heterocycles. The predicted octanol–water partition coefficient (Wildman–Crippen LogP) is 0.501. The second-order valence-electron chi connectivity index (χ2n) is 4.53. The maximum absolute atomic E-state index is 11.8. The van der Waals surface area contributed by atoms with Gasteiger partial charge < -0.3 is 19.1 Å². The second-order valence-corrected chi connectivity index (χ2v) is 4.53. The molecule has 0 N–H and O–H groups in total. The summed E-state index contributed by atoms with van der Waals surface area (Å²) in [6, 6.07) is 0. The fourth-order valence-electron chi connectivity index (χ4n) is 2.17. The summed E-state index contributed by atoms with van der Waals surface area (Å²) in [5.74, 6) is 0.695. The third-order valence-electron chi connectivity index (χ3n) is 3.10. The average molecular weight is 281 g/mol. The number of likely N-dealkylation sites (tertiary alicyclic amines) is 1. The number of aromatic nitrogens is 2. The molecule has 1 amide bonds. The van der Waals surface area contributed by atoms with Gasteiger partial charge in [0.25, 0.3) is 11.8 Å². The highest BCUT2D eigenvalue weighted by atomic mass is 16.5. The molecule has 1 aromatic rings. The zero-order valence-electron chi connectivity index (χ0n) is 11.7. The van der Waals surface area contributed by atoms with Gasteiger partial charge in [-0.15, -0.1) is 0 Å². The van der Waals surface area contributed by atoms with E-state index in [9.17, 15) is 4.79 Å². The molecule has 1 aliphatic heterocycles. The van der Waals surface area contributed by atoms with E-state index in [4.69, 9.17) is 14.2 Å². The van der Waals surface area contributed by atoms with Gasteiger partial charge in [0.15, 0.2) is 0 Å². The van der Waals surface area contributed by atoms with Gasteiger partial charge in [-0.05, 0) is 12.8 Å². The highest BCUT2D eigenvalue weighted by Gasteiger charge is 2.26. The minimum atomic E-state index is -0.102. The van der Waals surface area contributed by atoms with Crippen LogP contribution in [0.1, 0.15) is 12.8 Å². The van der Waals surface area contributed by atoms with Gasteiger partial charge in [-0.1, -0.05) is 0 Å². The lowest BCUT2D eigenvalue weighted by atomic mass is 10.1. The zero-order chi connectivity index (χ0) is 14.4. The average Bonchev–Trinajstić information content (AvgIpc) is 2.48. The Kier molecular flexibility index (Phi) is 5.11. The van der Waals surface area contributed by atoms with Crippen LogP contribution in [0, 0.1) is 0 Å². The smallest absolute Gasteiger partial charge is 0.278 e. The Hall–Kier alpha value is -1.89. The number of carbonyl (C=O) groups excluding carboxylic acids is 1. The molecule has 110 valence electrons. The standard InChI is InChI=1S/C13H19N3O4/c1-18-9-11(17)16-7-3-4-10(8-16)20-13-12(19-2)14-5-6-15-13/h5-6,10H,3-4,7-9H2,1-2H3. The van der Waals surface area contributed by atoms with Gasteiger partial charge in [-0.25, -0.2) is 9.97 Å². The highest BCUT2D eigenvalue weighted by molar-refractivity contribution is 5.77. The van der Waals surface area contributed by atoms with E-state index in [1.807, 2.05) is 0 Å². The fourth-order valence-corrected chi connectivity index (χ4v) is 2.17. The van der Waals surface area contributed by atoms with Crippen molar-refractivity contribution in [2.24, 2.45) is 0 Å². The lowest BCUT2D eigenvalue weighted by Crippen LogP contribution is -2.45. The lowest BCUT2D eigenvalue weighted by molar-refractivity contribution is -0.137. The van der Waals surface area contributed by atoms with E-state index in [0.717, 1.165) is 19.4 Å². The number of nitrogens with zero attached hydrogens (tertiary/aromatic N) is 3. The Labute approximate surface area is 117 Å². The normalized spacial score (nSPS) is 18.7. The summed E-state index contributed by atoms with van der Waals surface area (Å²) in [5, 5.41) is 0. The first-order valence-electron chi connectivity index (χ1n) is 6.53. The minimum absolute atomic E-state index is 0.0214. The van der Waals surface area contributed by atoms with Crippen molar-refractivity contribution in [1.29, 1.82) is 0 Å². The first-order chi connectivity index (χ1) is 9.74. The van der Waals surface area contributed by atoms with Crippen molar-refractivity contribution in [1.82, 2.24) is 14.9 Å². The van der Waals surface area contributed by atoms with Crippen molar-refractivity contribution in [2.75, 3.05) is 33.9 Å². The Morgan fingerprint density at radius 1 is 1.35 bits per heavy atom. The van der Waals surface area contributed by atoms with Crippen LogP contribution in [0.25, 0.3) is 0 Å². The van der Waals surface area contributed by atoms with Crippen molar-refractivity contribution in [3.05, 3.63) is 12.4 Å². The largest absolute Gasteiger partial charge is 0.477 e. The van der Waals surface area contributed by atoms with E-state index >= 15 is 0 Å². The fraction of sp³-hybridized carbons (Fsp3) is 0.615. The van der Waals surface area contributed by atoms with E-state index in [-0.39, 0.29) is 18.6 Å². The van der Waals surface area contributed by atoms with E-state index < -0.39 is 0 Å². The highest BCUT2D eigenvalue weighted by Crippen LogP contribution is 2.23. The maximum Gasteiger partial charge on any atom is 0.278 e. The summed E-state index contributed by atoms with van der Waals surface area (Å²) < 4.78 is 15.8. The third kappa shape index (κ3) is 3.57. The Bertz CT molecular complexity index is 455. The van der Waals surface area contributed by atoms with Crippen molar-refractivity contribution in [3.63, 3.8) is 0 Å². The molecule has 0 spiro atoms. The number of ether oxygens (including phenoxy) is 3. The Morgan fingerprint density at radius 2 is 2.10 bits per heavy atom. The Morgan fingerprint density at radius 3 is 2.80 bits per heavy atom. The number of methoxy groups -OCH3 is 2. The molecule has 2 rings (SSSR count). The first kappa shape index (κ1) is 14.5. The quantitative estimate of drug-likeness (QED) is 0.782. The number of amides is 1. The van der Waals surface area contributed by atoms with Crippen LogP contribution in [-0.2, 0) is 9.53 Å². The Balaban J connectivity index is 1.97. The summed E-state index contributed by atoms with van der Waals surface area (Å²) in [6.45, 7) is 1.36. The third-order valence-corrected chi connectivity index (χ3v) is 3.10. The van der Waals surface area contributed by atoms with E-state index in [0.29, 0.717) is 18.3 Å². The number of hydrogen-bond acceptors (Lipinski definition) is 6. The van der Waals surface area contributed by atoms with Gasteiger partial charge in [0.05, 0.1) is 13.7 Å². The topological polar surface area (TPSA) is 73.8 Å². The van der Waals surface area contributed by atoms with Crippen LogP contribution < -0.4 is 9.47 Å². The molecule has 0 aliphatic carbocycles. The van der Waals surface area contributed by atoms with Crippen molar-refractivity contribution in [3.8, 4) is 11.8 Å². The second kappa shape index (κ2) is 7.04. The number of carbonyl (C=O) groups is 1. The molecule has 20 heavy (non-hydrogen) atoms. The van der Waals surface area contributed by atoms with Crippen LogP contribution in [0.15, 0.2) is 12.4 Å². The van der Waals surface area contributed by atoms with Gasteiger partial charge in [-0.2, -0.15) is 0 Å². The molecule has 1 fully saturated rings. The summed E-state index contributed by atoms with van der Waals surface area (Å²) in [7, 11) is 3.03. The molecule has 1 aromatic heterocycles. The van der Waals surface area contributed by atoms with Crippen LogP contribution in [-0.4, -0.2) is 60.8 Å². The van der Waals surface area contributed by atoms with Crippen LogP contribution in [0.2, 0.25) is 0 Å². The predicted molar refractivity (Wildman–Crippen MR) is 70.7 cm³/mol. The molecule has 1 aliphatic rings. The molecule has 1 saturated heterocycles. The van der Waals surface area contributed by atoms with E-state index in [1.54, 1.807) is 17.3 Å². The molecule has 0 aromatic carbocycles. The molecule has 1 atom stereocenters. The van der Waals surface area contributed by atoms with Crippen LogP contribution in [0.4, 0.5) is 0 Å². The number of hydrogen-bond donors (Lipinski definition) is 0. The van der Waals surface area contributed by atoms with Crippen molar-refractivity contribution in [2.45, 2.75) is 18.9 Å². The molecule has 1 unspecified atom stereocenters. The summed E-state index contributed by atoms with van der Waals surface area (Å²) in [4.78, 5) is 21.7. The molecule has 0 radical (unpaired) electrons.